The second-order valence-electron chi connectivity index (χ2n) is 3.49. The zero-order valence-corrected chi connectivity index (χ0v) is 9.50. The van der Waals surface area contributed by atoms with Gasteiger partial charge in [0.2, 0.25) is 0 Å². The number of rotatable bonds is 3. The highest BCUT2D eigenvalue weighted by atomic mass is 79.9. The van der Waals surface area contributed by atoms with Gasteiger partial charge in [-0.15, -0.1) is 0 Å². The number of carbonyl (C=O) groups excluding carboxylic acids is 1. The fourth-order valence-electron chi connectivity index (χ4n) is 1.39. The van der Waals surface area contributed by atoms with E-state index in [1.807, 2.05) is 12.1 Å². The van der Waals surface area contributed by atoms with Crippen molar-refractivity contribution < 1.29 is 9.53 Å². The molecule has 0 unspecified atom stereocenters. The van der Waals surface area contributed by atoms with Crippen LogP contribution < -0.4 is 4.74 Å². The van der Waals surface area contributed by atoms with Crippen LogP contribution in [0, 0.1) is 5.92 Å². The van der Waals surface area contributed by atoms with Gasteiger partial charge >= 0.3 is 0 Å². The molecule has 0 heterocycles. The average molecular weight is 255 g/mol. The molecular weight excluding hydrogens is 244 g/mol. The van der Waals surface area contributed by atoms with Gasteiger partial charge in [-0.3, -0.25) is 4.79 Å². The van der Waals surface area contributed by atoms with E-state index in [0.717, 1.165) is 28.6 Å². The van der Waals surface area contributed by atoms with E-state index in [2.05, 4.69) is 15.9 Å². The first-order valence-electron chi connectivity index (χ1n) is 4.60. The minimum absolute atomic E-state index is 0.246. The molecule has 0 saturated heterocycles. The number of hydrogen-bond acceptors (Lipinski definition) is 2. The standard InChI is InChI=1S/C11H11BrO2/c1-14-10-6-8(4-5-9(10)12)11(13)7-2-3-7/h4-7H,2-3H2,1H3. The van der Waals surface area contributed by atoms with Crippen molar-refractivity contribution in [2.45, 2.75) is 12.8 Å². The number of halogens is 1. The van der Waals surface area contributed by atoms with E-state index >= 15 is 0 Å². The molecule has 1 aromatic carbocycles. The molecule has 0 amide bonds. The summed E-state index contributed by atoms with van der Waals surface area (Å²) >= 11 is 3.36. The van der Waals surface area contributed by atoms with Crippen LogP contribution in [-0.4, -0.2) is 12.9 Å². The molecular formula is C11H11BrO2. The second kappa shape index (κ2) is 3.73. The lowest BCUT2D eigenvalue weighted by Crippen LogP contribution is -2.01. The molecule has 1 fully saturated rings. The van der Waals surface area contributed by atoms with Gasteiger partial charge in [0.15, 0.2) is 5.78 Å². The van der Waals surface area contributed by atoms with E-state index in [0.29, 0.717) is 0 Å². The smallest absolute Gasteiger partial charge is 0.166 e. The Hall–Kier alpha value is -0.830. The predicted octanol–water partition coefficient (Wildman–Crippen LogP) is 3.05. The van der Waals surface area contributed by atoms with Crippen LogP contribution in [0.4, 0.5) is 0 Å². The molecule has 14 heavy (non-hydrogen) atoms. The Morgan fingerprint density at radius 3 is 2.79 bits per heavy atom. The first-order chi connectivity index (χ1) is 6.72. The van der Waals surface area contributed by atoms with E-state index in [1.165, 1.54) is 0 Å². The van der Waals surface area contributed by atoms with Crippen LogP contribution in [0.2, 0.25) is 0 Å². The molecule has 1 aliphatic carbocycles. The summed E-state index contributed by atoms with van der Waals surface area (Å²) in [5.74, 6) is 1.23. The maximum absolute atomic E-state index is 11.7. The SMILES string of the molecule is COc1cc(C(=O)C2CC2)ccc1Br. The average Bonchev–Trinajstić information content (AvgIpc) is 3.01. The zero-order chi connectivity index (χ0) is 10.1. The van der Waals surface area contributed by atoms with Crippen molar-refractivity contribution in [3.8, 4) is 5.75 Å². The molecule has 0 aliphatic heterocycles. The third-order valence-electron chi connectivity index (χ3n) is 2.38. The molecule has 0 bridgehead atoms. The lowest BCUT2D eigenvalue weighted by molar-refractivity contribution is 0.0967. The van der Waals surface area contributed by atoms with Crippen LogP contribution in [0.15, 0.2) is 22.7 Å². The van der Waals surface area contributed by atoms with E-state index in [4.69, 9.17) is 4.74 Å². The summed E-state index contributed by atoms with van der Waals surface area (Å²) in [6, 6.07) is 5.49. The summed E-state index contributed by atoms with van der Waals surface area (Å²) in [5.41, 5.74) is 0.757. The summed E-state index contributed by atoms with van der Waals surface area (Å²) in [6.45, 7) is 0. The van der Waals surface area contributed by atoms with Gasteiger partial charge in [0, 0.05) is 11.5 Å². The lowest BCUT2D eigenvalue weighted by Gasteiger charge is -2.05. The summed E-state index contributed by atoms with van der Waals surface area (Å²) in [5, 5.41) is 0. The fourth-order valence-corrected chi connectivity index (χ4v) is 1.80. The van der Waals surface area contributed by atoms with E-state index in [1.54, 1.807) is 13.2 Å². The molecule has 0 spiro atoms. The van der Waals surface area contributed by atoms with Gasteiger partial charge in [-0.05, 0) is 40.9 Å². The molecule has 0 radical (unpaired) electrons. The van der Waals surface area contributed by atoms with Gasteiger partial charge in [-0.25, -0.2) is 0 Å². The molecule has 2 rings (SSSR count). The number of benzene rings is 1. The van der Waals surface area contributed by atoms with E-state index < -0.39 is 0 Å². The fraction of sp³-hybridized carbons (Fsp3) is 0.364. The second-order valence-corrected chi connectivity index (χ2v) is 4.34. The molecule has 1 aliphatic rings. The van der Waals surface area contributed by atoms with Crippen molar-refractivity contribution in [2.75, 3.05) is 7.11 Å². The van der Waals surface area contributed by atoms with Crippen LogP contribution in [-0.2, 0) is 0 Å². The first-order valence-corrected chi connectivity index (χ1v) is 5.39. The number of ether oxygens (including phenoxy) is 1. The number of Topliss-reactive ketones (excluding diaryl/α,β-unsaturated/α-hetero) is 1. The lowest BCUT2D eigenvalue weighted by atomic mass is 10.1. The molecule has 1 aromatic rings. The normalized spacial score (nSPS) is 15.3. The molecule has 74 valence electrons. The van der Waals surface area contributed by atoms with Crippen molar-refractivity contribution in [3.63, 3.8) is 0 Å². The first kappa shape index (κ1) is 9.71. The molecule has 0 aromatic heterocycles. The highest BCUT2D eigenvalue weighted by Crippen LogP contribution is 2.34. The van der Waals surface area contributed by atoms with Crippen LogP contribution in [0.5, 0.6) is 5.75 Å². The molecule has 0 N–H and O–H groups in total. The summed E-state index contributed by atoms with van der Waals surface area (Å²) in [4.78, 5) is 11.7. The topological polar surface area (TPSA) is 26.3 Å². The molecule has 2 nitrogen and oxygen atoms in total. The van der Waals surface area contributed by atoms with E-state index in [9.17, 15) is 4.79 Å². The van der Waals surface area contributed by atoms with Gasteiger partial charge in [0.1, 0.15) is 5.75 Å². The summed E-state index contributed by atoms with van der Waals surface area (Å²) in [7, 11) is 1.60. The zero-order valence-electron chi connectivity index (χ0n) is 7.92. The van der Waals surface area contributed by atoms with Gasteiger partial charge < -0.3 is 4.74 Å². The third-order valence-corrected chi connectivity index (χ3v) is 3.04. The van der Waals surface area contributed by atoms with Crippen molar-refractivity contribution in [3.05, 3.63) is 28.2 Å². The summed E-state index contributed by atoms with van der Waals surface area (Å²) < 4.78 is 6.02. The summed E-state index contributed by atoms with van der Waals surface area (Å²) in [6.07, 6.45) is 2.08. The highest BCUT2D eigenvalue weighted by molar-refractivity contribution is 9.10. The van der Waals surface area contributed by atoms with Crippen LogP contribution >= 0.6 is 15.9 Å². The Morgan fingerprint density at radius 2 is 2.21 bits per heavy atom. The number of methoxy groups -OCH3 is 1. The number of carbonyl (C=O) groups is 1. The Bertz CT molecular complexity index is 370. The van der Waals surface area contributed by atoms with Gasteiger partial charge in [0.05, 0.1) is 11.6 Å². The Balaban J connectivity index is 2.29. The highest BCUT2D eigenvalue weighted by Gasteiger charge is 2.30. The number of hydrogen-bond donors (Lipinski definition) is 0. The largest absolute Gasteiger partial charge is 0.496 e. The van der Waals surface area contributed by atoms with Crippen molar-refractivity contribution in [1.29, 1.82) is 0 Å². The monoisotopic (exact) mass is 254 g/mol. The maximum atomic E-state index is 11.7. The van der Waals surface area contributed by atoms with Crippen molar-refractivity contribution >= 4 is 21.7 Å². The molecule has 1 saturated carbocycles. The van der Waals surface area contributed by atoms with Gasteiger partial charge in [-0.2, -0.15) is 0 Å². The van der Waals surface area contributed by atoms with Crippen LogP contribution in [0.25, 0.3) is 0 Å². The molecule has 3 heteroatoms. The van der Waals surface area contributed by atoms with Crippen molar-refractivity contribution in [2.24, 2.45) is 5.92 Å². The van der Waals surface area contributed by atoms with Crippen LogP contribution in [0.3, 0.4) is 0 Å². The minimum Gasteiger partial charge on any atom is -0.496 e. The van der Waals surface area contributed by atoms with Gasteiger partial charge in [0.25, 0.3) is 0 Å². The number of ketones is 1. The van der Waals surface area contributed by atoms with Crippen LogP contribution in [0.1, 0.15) is 23.2 Å². The van der Waals surface area contributed by atoms with E-state index in [-0.39, 0.29) is 11.7 Å². The Kier molecular flexibility index (Phi) is 2.59. The van der Waals surface area contributed by atoms with Crippen molar-refractivity contribution in [1.82, 2.24) is 0 Å². The minimum atomic E-state index is 0.246. The predicted molar refractivity (Wildman–Crippen MR) is 57.7 cm³/mol. The quantitative estimate of drug-likeness (QED) is 0.776. The molecule has 0 atom stereocenters. The third kappa shape index (κ3) is 1.82. The maximum Gasteiger partial charge on any atom is 0.166 e. The Labute approximate surface area is 91.4 Å². The Morgan fingerprint density at radius 1 is 1.50 bits per heavy atom. The van der Waals surface area contributed by atoms with Gasteiger partial charge in [-0.1, -0.05) is 6.07 Å².